The van der Waals surface area contributed by atoms with Crippen LogP contribution in [0.4, 0.5) is 5.69 Å². The molecule has 1 amide bonds. The Bertz CT molecular complexity index is 967. The van der Waals surface area contributed by atoms with Crippen molar-refractivity contribution in [3.05, 3.63) is 71.0 Å². The summed E-state index contributed by atoms with van der Waals surface area (Å²) in [5, 5.41) is 3.26. The van der Waals surface area contributed by atoms with E-state index in [-0.39, 0.29) is 5.91 Å². The summed E-state index contributed by atoms with van der Waals surface area (Å²) in [6.07, 6.45) is 3.89. The standard InChI is InChI=1S/C20H17ClN2O3/c1-13-4-5-14(10-17(13)23-6-2-3-7-23)20(24)22-16-12-19-18(11-15(16)21)25-8-9-26-19/h2-7,10-12H,8-9H2,1H3,(H,22,24). The van der Waals surface area contributed by atoms with E-state index in [1.54, 1.807) is 18.2 Å². The van der Waals surface area contributed by atoms with E-state index in [0.717, 1.165) is 11.3 Å². The number of hydrogen-bond acceptors (Lipinski definition) is 3. The van der Waals surface area contributed by atoms with Crippen LogP contribution < -0.4 is 14.8 Å². The zero-order valence-corrected chi connectivity index (χ0v) is 14.9. The molecule has 0 saturated heterocycles. The first-order valence-electron chi connectivity index (χ1n) is 8.26. The lowest BCUT2D eigenvalue weighted by Crippen LogP contribution is -2.17. The van der Waals surface area contributed by atoms with Gasteiger partial charge in [0.1, 0.15) is 13.2 Å². The van der Waals surface area contributed by atoms with Gasteiger partial charge in [-0.25, -0.2) is 0 Å². The molecule has 4 rings (SSSR count). The number of halogens is 1. The SMILES string of the molecule is Cc1ccc(C(=O)Nc2cc3c(cc2Cl)OCCO3)cc1-n1cccc1. The van der Waals surface area contributed by atoms with Crippen LogP contribution in [-0.4, -0.2) is 23.7 Å². The molecule has 0 atom stereocenters. The summed E-state index contributed by atoms with van der Waals surface area (Å²) in [5.74, 6) is 0.925. The molecule has 26 heavy (non-hydrogen) atoms. The number of carbonyl (C=O) groups is 1. The minimum Gasteiger partial charge on any atom is -0.486 e. The minimum atomic E-state index is -0.239. The summed E-state index contributed by atoms with van der Waals surface area (Å²) < 4.78 is 13.0. The van der Waals surface area contributed by atoms with Crippen molar-refractivity contribution in [2.24, 2.45) is 0 Å². The van der Waals surface area contributed by atoms with E-state index < -0.39 is 0 Å². The second-order valence-corrected chi connectivity index (χ2v) is 6.43. The van der Waals surface area contributed by atoms with Crippen LogP contribution >= 0.6 is 11.6 Å². The fourth-order valence-electron chi connectivity index (χ4n) is 2.88. The Hall–Kier alpha value is -2.92. The number of aromatic nitrogens is 1. The Morgan fingerprint density at radius 1 is 1.08 bits per heavy atom. The normalized spacial score (nSPS) is 12.7. The number of carbonyl (C=O) groups excluding carboxylic acids is 1. The first-order valence-corrected chi connectivity index (χ1v) is 8.64. The molecule has 0 unspecified atom stereocenters. The lowest BCUT2D eigenvalue weighted by Gasteiger charge is -2.20. The summed E-state index contributed by atoms with van der Waals surface area (Å²) in [6.45, 7) is 2.97. The first-order chi connectivity index (χ1) is 12.6. The quantitative estimate of drug-likeness (QED) is 0.742. The van der Waals surface area contributed by atoms with Crippen LogP contribution in [0.1, 0.15) is 15.9 Å². The van der Waals surface area contributed by atoms with E-state index in [1.165, 1.54) is 0 Å². The van der Waals surface area contributed by atoms with Crippen molar-refractivity contribution >= 4 is 23.2 Å². The number of aryl methyl sites for hydroxylation is 1. The van der Waals surface area contributed by atoms with Crippen molar-refractivity contribution in [2.75, 3.05) is 18.5 Å². The van der Waals surface area contributed by atoms with Gasteiger partial charge in [-0.3, -0.25) is 4.79 Å². The van der Waals surface area contributed by atoms with Crippen molar-refractivity contribution < 1.29 is 14.3 Å². The number of ether oxygens (including phenoxy) is 2. The zero-order chi connectivity index (χ0) is 18.1. The maximum Gasteiger partial charge on any atom is 0.255 e. The first kappa shape index (κ1) is 16.5. The maximum atomic E-state index is 12.7. The van der Waals surface area contributed by atoms with Crippen molar-refractivity contribution in [3.63, 3.8) is 0 Å². The number of fused-ring (bicyclic) bond motifs is 1. The number of benzene rings is 2. The van der Waals surface area contributed by atoms with Crippen molar-refractivity contribution in [1.82, 2.24) is 4.57 Å². The average molecular weight is 369 g/mol. The number of rotatable bonds is 3. The van der Waals surface area contributed by atoms with Gasteiger partial charge in [-0.15, -0.1) is 0 Å². The van der Waals surface area contributed by atoms with Crippen LogP contribution in [0.2, 0.25) is 5.02 Å². The summed E-state index contributed by atoms with van der Waals surface area (Å²) in [6, 6.07) is 12.8. The van der Waals surface area contributed by atoms with Crippen LogP contribution in [-0.2, 0) is 0 Å². The molecule has 0 aliphatic carbocycles. The molecule has 0 fully saturated rings. The van der Waals surface area contributed by atoms with E-state index in [4.69, 9.17) is 21.1 Å². The summed E-state index contributed by atoms with van der Waals surface area (Å²) in [4.78, 5) is 12.7. The van der Waals surface area contributed by atoms with Crippen molar-refractivity contribution in [1.29, 1.82) is 0 Å². The highest BCUT2D eigenvalue weighted by molar-refractivity contribution is 6.34. The van der Waals surface area contributed by atoms with Gasteiger partial charge in [0.25, 0.3) is 5.91 Å². The molecule has 2 heterocycles. The van der Waals surface area contributed by atoms with Gasteiger partial charge < -0.3 is 19.4 Å². The van der Waals surface area contributed by atoms with Gasteiger partial charge in [0, 0.05) is 35.8 Å². The second kappa shape index (κ2) is 6.77. The average Bonchev–Trinajstić information content (AvgIpc) is 3.17. The molecule has 1 aliphatic rings. The molecular weight excluding hydrogens is 352 g/mol. The summed E-state index contributed by atoms with van der Waals surface area (Å²) >= 11 is 6.28. The maximum absolute atomic E-state index is 12.7. The molecule has 2 aromatic carbocycles. The van der Waals surface area contributed by atoms with E-state index in [2.05, 4.69) is 5.32 Å². The lowest BCUT2D eigenvalue weighted by molar-refractivity contribution is 0.102. The highest BCUT2D eigenvalue weighted by Crippen LogP contribution is 2.38. The number of nitrogens with zero attached hydrogens (tertiary/aromatic N) is 1. The van der Waals surface area contributed by atoms with Crippen LogP contribution in [0.25, 0.3) is 5.69 Å². The predicted molar refractivity (Wildman–Crippen MR) is 101 cm³/mol. The minimum absolute atomic E-state index is 0.239. The third-order valence-electron chi connectivity index (χ3n) is 4.23. The topological polar surface area (TPSA) is 52.5 Å². The largest absolute Gasteiger partial charge is 0.486 e. The second-order valence-electron chi connectivity index (χ2n) is 6.02. The van der Waals surface area contributed by atoms with E-state index >= 15 is 0 Å². The Morgan fingerprint density at radius 3 is 2.50 bits per heavy atom. The Morgan fingerprint density at radius 2 is 1.77 bits per heavy atom. The van der Waals surface area contributed by atoms with Gasteiger partial charge in [-0.1, -0.05) is 17.7 Å². The Kier molecular flexibility index (Phi) is 4.31. The van der Waals surface area contributed by atoms with Crippen molar-refractivity contribution in [3.8, 4) is 17.2 Å². The van der Waals surface area contributed by atoms with E-state index in [1.807, 2.05) is 48.1 Å². The molecule has 1 aliphatic heterocycles. The zero-order valence-electron chi connectivity index (χ0n) is 14.2. The molecule has 0 radical (unpaired) electrons. The fraction of sp³-hybridized carbons (Fsp3) is 0.150. The molecule has 132 valence electrons. The summed E-state index contributed by atoms with van der Waals surface area (Å²) in [5.41, 5.74) is 3.07. The van der Waals surface area contributed by atoms with E-state index in [9.17, 15) is 4.79 Å². The highest BCUT2D eigenvalue weighted by Gasteiger charge is 2.17. The number of hydrogen-bond donors (Lipinski definition) is 1. The number of nitrogens with one attached hydrogen (secondary N) is 1. The van der Waals surface area contributed by atoms with Crippen molar-refractivity contribution in [2.45, 2.75) is 6.92 Å². The number of amides is 1. The highest BCUT2D eigenvalue weighted by atomic mass is 35.5. The van der Waals surface area contributed by atoms with Gasteiger partial charge in [-0.2, -0.15) is 0 Å². The molecule has 0 bridgehead atoms. The molecule has 0 saturated carbocycles. The molecule has 3 aromatic rings. The Labute approximate surface area is 156 Å². The third-order valence-corrected chi connectivity index (χ3v) is 4.55. The van der Waals surface area contributed by atoms with Crippen LogP contribution in [0, 0.1) is 6.92 Å². The Balaban J connectivity index is 1.62. The van der Waals surface area contributed by atoms with Gasteiger partial charge >= 0.3 is 0 Å². The van der Waals surface area contributed by atoms with Gasteiger partial charge in [0.05, 0.1) is 10.7 Å². The van der Waals surface area contributed by atoms with E-state index in [0.29, 0.717) is 41.0 Å². The molecular formula is C20H17ClN2O3. The molecule has 1 N–H and O–H groups in total. The van der Waals surface area contributed by atoms with Gasteiger partial charge in [-0.05, 0) is 36.8 Å². The van der Waals surface area contributed by atoms with Crippen LogP contribution in [0.3, 0.4) is 0 Å². The van der Waals surface area contributed by atoms with Crippen LogP contribution in [0.15, 0.2) is 54.9 Å². The smallest absolute Gasteiger partial charge is 0.255 e. The third kappa shape index (κ3) is 3.13. The molecule has 6 heteroatoms. The molecule has 1 aromatic heterocycles. The monoisotopic (exact) mass is 368 g/mol. The molecule has 0 spiro atoms. The van der Waals surface area contributed by atoms with Gasteiger partial charge in [0.2, 0.25) is 0 Å². The fourth-order valence-corrected chi connectivity index (χ4v) is 3.08. The summed E-state index contributed by atoms with van der Waals surface area (Å²) in [7, 11) is 0. The molecule has 5 nitrogen and oxygen atoms in total. The van der Waals surface area contributed by atoms with Crippen LogP contribution in [0.5, 0.6) is 11.5 Å². The lowest BCUT2D eigenvalue weighted by atomic mass is 10.1. The number of anilines is 1. The predicted octanol–water partition coefficient (Wildman–Crippen LogP) is 4.46. The van der Waals surface area contributed by atoms with Gasteiger partial charge in [0.15, 0.2) is 11.5 Å².